The van der Waals surface area contributed by atoms with Crippen molar-refractivity contribution in [3.63, 3.8) is 0 Å². The molecule has 2 heteroatoms. The summed E-state index contributed by atoms with van der Waals surface area (Å²) in [7, 11) is 1.93. The molecule has 60 valence electrons. The van der Waals surface area contributed by atoms with Crippen molar-refractivity contribution in [3.05, 3.63) is 23.5 Å². The van der Waals surface area contributed by atoms with Gasteiger partial charge in [0.15, 0.2) is 0 Å². The molecular weight excluding hydrogens is 136 g/mol. The largest absolute Gasteiger partial charge is 0.387 e. The van der Waals surface area contributed by atoms with Gasteiger partial charge >= 0.3 is 0 Å². The van der Waals surface area contributed by atoms with E-state index in [2.05, 4.69) is 22.5 Å². The zero-order chi connectivity index (χ0) is 8.10. The van der Waals surface area contributed by atoms with E-state index in [0.29, 0.717) is 0 Å². The molecule has 1 aliphatic carbocycles. The lowest BCUT2D eigenvalue weighted by atomic mass is 10.1. The molecule has 0 bridgehead atoms. The molecule has 1 N–H and O–H groups in total. The number of hydrogen-bond donors (Lipinski definition) is 1. The minimum Gasteiger partial charge on any atom is -0.387 e. The molecule has 2 nitrogen and oxygen atoms in total. The van der Waals surface area contributed by atoms with Crippen molar-refractivity contribution < 1.29 is 0 Å². The maximum atomic E-state index is 4.24. The fraction of sp³-hybridized carbons (Fsp3) is 0.444. The van der Waals surface area contributed by atoms with Crippen molar-refractivity contribution in [2.75, 3.05) is 7.05 Å². The van der Waals surface area contributed by atoms with Crippen LogP contribution in [-0.2, 0) is 0 Å². The van der Waals surface area contributed by atoms with Crippen LogP contribution < -0.4 is 5.32 Å². The van der Waals surface area contributed by atoms with Gasteiger partial charge in [-0.1, -0.05) is 12.2 Å². The highest BCUT2D eigenvalue weighted by molar-refractivity contribution is 5.57. The number of allylic oxidation sites excluding steroid dienone is 2. The number of likely N-dealkylation sites (N-methyl/N-ethyl adjacent to an activating group) is 1. The number of rotatable bonds is 2. The minimum absolute atomic E-state index is 1.07. The molecule has 0 aromatic carbocycles. The first-order valence-electron chi connectivity index (χ1n) is 3.95. The highest BCUT2D eigenvalue weighted by Crippen LogP contribution is 2.16. The molecule has 1 aliphatic rings. The summed E-state index contributed by atoms with van der Waals surface area (Å²) in [5, 5.41) is 3.12. The summed E-state index contributed by atoms with van der Waals surface area (Å²) >= 11 is 0. The number of hydrogen-bond acceptors (Lipinski definition) is 2. The Balaban J connectivity index is 2.75. The Kier molecular flexibility index (Phi) is 2.90. The van der Waals surface area contributed by atoms with Crippen LogP contribution in [0.2, 0.25) is 0 Å². The van der Waals surface area contributed by atoms with Crippen molar-refractivity contribution in [1.82, 2.24) is 5.32 Å². The maximum Gasteiger partial charge on any atom is 0.0813 e. The minimum atomic E-state index is 1.07. The van der Waals surface area contributed by atoms with Gasteiger partial charge in [0.1, 0.15) is 0 Å². The van der Waals surface area contributed by atoms with Crippen molar-refractivity contribution in [1.29, 1.82) is 0 Å². The van der Waals surface area contributed by atoms with Crippen molar-refractivity contribution >= 4 is 6.21 Å². The lowest BCUT2D eigenvalue weighted by Crippen LogP contribution is -2.09. The Morgan fingerprint density at radius 2 is 2.18 bits per heavy atom. The molecule has 0 unspecified atom stereocenters. The third-order valence-electron chi connectivity index (χ3n) is 1.67. The van der Waals surface area contributed by atoms with Crippen molar-refractivity contribution in [2.45, 2.75) is 19.8 Å². The molecule has 0 spiro atoms. The van der Waals surface area contributed by atoms with Crippen molar-refractivity contribution in [2.24, 2.45) is 4.99 Å². The zero-order valence-corrected chi connectivity index (χ0v) is 7.09. The SMILES string of the molecule is CC=NC1=CCCC=C1NC. The van der Waals surface area contributed by atoms with Gasteiger partial charge in [0.05, 0.1) is 11.4 Å². The van der Waals surface area contributed by atoms with Crippen molar-refractivity contribution in [3.8, 4) is 0 Å². The lowest BCUT2D eigenvalue weighted by Gasteiger charge is -2.11. The number of nitrogens with zero attached hydrogens (tertiary/aromatic N) is 1. The summed E-state index contributed by atoms with van der Waals surface area (Å²) in [6.45, 7) is 1.93. The van der Waals surface area contributed by atoms with E-state index in [1.54, 1.807) is 0 Å². The Morgan fingerprint density at radius 3 is 2.82 bits per heavy atom. The summed E-state index contributed by atoms with van der Waals surface area (Å²) in [5.74, 6) is 0. The van der Waals surface area contributed by atoms with Crippen LogP contribution in [0.5, 0.6) is 0 Å². The van der Waals surface area contributed by atoms with Gasteiger partial charge in [-0.05, 0) is 19.8 Å². The fourth-order valence-corrected chi connectivity index (χ4v) is 1.15. The van der Waals surface area contributed by atoms with Gasteiger partial charge in [-0.2, -0.15) is 0 Å². The fourth-order valence-electron chi connectivity index (χ4n) is 1.15. The van der Waals surface area contributed by atoms with Gasteiger partial charge < -0.3 is 5.32 Å². The smallest absolute Gasteiger partial charge is 0.0813 e. The summed E-state index contributed by atoms with van der Waals surface area (Å²) in [4.78, 5) is 4.24. The average molecular weight is 150 g/mol. The van der Waals surface area contributed by atoms with Crippen LogP contribution in [0, 0.1) is 0 Å². The number of aliphatic imine (C=N–C) groups is 1. The second-order valence-corrected chi connectivity index (χ2v) is 2.42. The van der Waals surface area contributed by atoms with E-state index in [4.69, 9.17) is 0 Å². The van der Waals surface area contributed by atoms with E-state index in [9.17, 15) is 0 Å². The van der Waals surface area contributed by atoms with Crippen LogP contribution in [-0.4, -0.2) is 13.3 Å². The van der Waals surface area contributed by atoms with E-state index in [1.165, 1.54) is 0 Å². The third-order valence-corrected chi connectivity index (χ3v) is 1.67. The van der Waals surface area contributed by atoms with Gasteiger partial charge in [0.25, 0.3) is 0 Å². The summed E-state index contributed by atoms with van der Waals surface area (Å²) in [6, 6.07) is 0. The molecule has 0 fully saturated rings. The van der Waals surface area contributed by atoms with Gasteiger partial charge in [-0.3, -0.25) is 4.99 Å². The van der Waals surface area contributed by atoms with Gasteiger partial charge in [-0.15, -0.1) is 0 Å². The molecule has 0 aromatic rings. The molecule has 0 aromatic heterocycles. The van der Waals surface area contributed by atoms with E-state index in [0.717, 1.165) is 24.2 Å². The molecule has 0 amide bonds. The quantitative estimate of drug-likeness (QED) is 0.597. The van der Waals surface area contributed by atoms with E-state index >= 15 is 0 Å². The standard InChI is InChI=1S/C9H14N2/c1-3-11-9-7-5-4-6-8(9)10-2/h3,6-7,10H,4-5H2,1-2H3. The second-order valence-electron chi connectivity index (χ2n) is 2.42. The van der Waals surface area contributed by atoms with E-state index < -0.39 is 0 Å². The Bertz CT molecular complexity index is 212. The molecule has 0 aliphatic heterocycles. The number of nitrogens with one attached hydrogen (secondary N) is 1. The van der Waals surface area contributed by atoms with E-state index in [-0.39, 0.29) is 0 Å². The molecule has 0 radical (unpaired) electrons. The summed E-state index contributed by atoms with van der Waals surface area (Å²) < 4.78 is 0. The van der Waals surface area contributed by atoms with Crippen LogP contribution in [0.3, 0.4) is 0 Å². The van der Waals surface area contributed by atoms with Crippen LogP contribution in [0.4, 0.5) is 0 Å². The predicted molar refractivity (Wildman–Crippen MR) is 48.6 cm³/mol. The highest BCUT2D eigenvalue weighted by atomic mass is 14.9. The Morgan fingerprint density at radius 1 is 1.45 bits per heavy atom. The highest BCUT2D eigenvalue weighted by Gasteiger charge is 2.03. The van der Waals surface area contributed by atoms with E-state index in [1.807, 2.05) is 20.2 Å². The molecule has 11 heavy (non-hydrogen) atoms. The van der Waals surface area contributed by atoms with Gasteiger partial charge in [0.2, 0.25) is 0 Å². The average Bonchev–Trinajstić information content (AvgIpc) is 2.06. The third kappa shape index (κ3) is 1.93. The van der Waals surface area contributed by atoms with Gasteiger partial charge in [0, 0.05) is 13.3 Å². The molecule has 0 saturated heterocycles. The molecular formula is C9H14N2. The molecule has 0 atom stereocenters. The first-order valence-corrected chi connectivity index (χ1v) is 3.95. The normalized spacial score (nSPS) is 18.0. The Labute approximate surface area is 67.7 Å². The first kappa shape index (κ1) is 8.05. The lowest BCUT2D eigenvalue weighted by molar-refractivity contribution is 0.901. The molecule has 1 rings (SSSR count). The maximum absolute atomic E-state index is 4.24. The Hall–Kier alpha value is -1.05. The first-order chi connectivity index (χ1) is 5.38. The van der Waals surface area contributed by atoms with Gasteiger partial charge in [-0.25, -0.2) is 0 Å². The predicted octanol–water partition coefficient (Wildman–Crippen LogP) is 1.86. The summed E-state index contributed by atoms with van der Waals surface area (Å²) in [5.41, 5.74) is 2.22. The monoisotopic (exact) mass is 150 g/mol. The zero-order valence-electron chi connectivity index (χ0n) is 7.09. The van der Waals surface area contributed by atoms with Crippen LogP contribution in [0.15, 0.2) is 28.5 Å². The van der Waals surface area contributed by atoms with Crippen LogP contribution >= 0.6 is 0 Å². The summed E-state index contributed by atoms with van der Waals surface area (Å²) in [6.07, 6.45) is 8.40. The van der Waals surface area contributed by atoms with Crippen LogP contribution in [0.25, 0.3) is 0 Å². The topological polar surface area (TPSA) is 24.4 Å². The molecule has 0 heterocycles. The second kappa shape index (κ2) is 3.96. The van der Waals surface area contributed by atoms with Crippen LogP contribution in [0.1, 0.15) is 19.8 Å². The molecule has 0 saturated carbocycles.